The molecule has 0 aliphatic heterocycles. The summed E-state index contributed by atoms with van der Waals surface area (Å²) in [6.45, 7) is 32.9. The van der Waals surface area contributed by atoms with Gasteiger partial charge in [-0.3, -0.25) is 19.2 Å². The summed E-state index contributed by atoms with van der Waals surface area (Å²) in [4.78, 5) is 53.0. The second kappa shape index (κ2) is 36.9. The van der Waals surface area contributed by atoms with Crippen molar-refractivity contribution in [2.45, 2.75) is 168 Å². The number of ether oxygens (including phenoxy) is 7. The molecule has 2 aliphatic rings. The molecule has 0 bridgehead atoms. The highest BCUT2D eigenvalue weighted by molar-refractivity contribution is 5.98. The van der Waals surface area contributed by atoms with E-state index >= 15 is 0 Å². The van der Waals surface area contributed by atoms with Crippen LogP contribution in [0.3, 0.4) is 0 Å². The smallest absolute Gasteiger partial charge is 0.251 e. The lowest BCUT2D eigenvalue weighted by Crippen LogP contribution is -2.47. The molecule has 4 N–H and O–H groups in total. The maximum absolute atomic E-state index is 13.8. The zero-order valence-electron chi connectivity index (χ0n) is 56.4. The predicted molar refractivity (Wildman–Crippen MR) is 362 cm³/mol. The summed E-state index contributed by atoms with van der Waals surface area (Å²) in [7, 11) is 0. The summed E-state index contributed by atoms with van der Waals surface area (Å²) in [5, 5.41) is 12.0. The Morgan fingerprint density at radius 2 is 0.800 bits per heavy atom. The van der Waals surface area contributed by atoms with Crippen LogP contribution in [0.5, 0.6) is 0 Å². The van der Waals surface area contributed by atoms with Crippen molar-refractivity contribution in [2.75, 3.05) is 112 Å². The predicted octanol–water partition coefficient (Wildman–Crippen LogP) is 12.7. The number of nitrogens with one attached hydrogen (secondary N) is 4. The fourth-order valence-corrected chi connectivity index (χ4v) is 11.6. The Bertz CT molecular complexity index is 2950. The van der Waals surface area contributed by atoms with Crippen LogP contribution in [-0.2, 0) is 64.4 Å². The van der Waals surface area contributed by atoms with Gasteiger partial charge in [0.2, 0.25) is 11.8 Å². The average Bonchev–Trinajstić information content (AvgIpc) is 0.842. The van der Waals surface area contributed by atoms with Crippen molar-refractivity contribution in [2.24, 2.45) is 0 Å². The van der Waals surface area contributed by atoms with Crippen molar-refractivity contribution in [3.8, 4) is 0 Å². The minimum Gasteiger partial charge on any atom is -0.379 e. The zero-order valence-corrected chi connectivity index (χ0v) is 56.4. The van der Waals surface area contributed by atoms with Gasteiger partial charge in [-0.15, -0.1) is 0 Å². The van der Waals surface area contributed by atoms with E-state index in [-0.39, 0.29) is 51.7 Å². The monoisotopic (exact) mass is 1240 g/mol. The van der Waals surface area contributed by atoms with Gasteiger partial charge < -0.3 is 54.4 Å². The van der Waals surface area contributed by atoms with Gasteiger partial charge in [0.15, 0.2) is 0 Å². The molecular weight excluding hydrogens is 1130 g/mol. The van der Waals surface area contributed by atoms with Crippen molar-refractivity contribution < 1.29 is 52.3 Å². The molecule has 0 radical (unpaired) electrons. The van der Waals surface area contributed by atoms with E-state index in [9.17, 15) is 19.2 Å². The van der Waals surface area contributed by atoms with E-state index in [1.54, 1.807) is 12.1 Å². The summed E-state index contributed by atoms with van der Waals surface area (Å²) in [6.07, 6.45) is 12.1. The van der Waals surface area contributed by atoms with Crippen molar-refractivity contribution in [1.29, 1.82) is 0 Å². The van der Waals surface area contributed by atoms with Crippen LogP contribution in [0.25, 0.3) is 23.3 Å². The molecule has 4 aromatic rings. The highest BCUT2D eigenvalue weighted by atomic mass is 16.6. The fourth-order valence-electron chi connectivity index (χ4n) is 11.6. The summed E-state index contributed by atoms with van der Waals surface area (Å²) in [5.41, 5.74) is 14.0. The highest BCUT2D eigenvalue weighted by Gasteiger charge is 2.38. The molecule has 0 heterocycles. The Kier molecular flexibility index (Phi) is 29.9. The minimum absolute atomic E-state index is 0.0675. The van der Waals surface area contributed by atoms with Crippen LogP contribution < -0.4 is 21.3 Å². The van der Waals surface area contributed by atoms with Crippen LogP contribution in [0.4, 0.5) is 0 Å². The normalized spacial score (nSPS) is 15.9. The maximum Gasteiger partial charge on any atom is 0.251 e. The number of carbonyl (C=O) groups is 4. The SMILES string of the molecule is CCOCCOCCOCCOCCC(=O)NCCCOCCOCCOCCCNC(=O)[C@@H](CCCCNC(=O)c1ccc(/C=C(\C)c2ccc3c(c2)C(C)(C)CCC3(C)C)cc1)NC(=O)c1ccc(/C=C(\C)c2ccc3c(c2)C(C)(C)CCC3(C)C)cc1. The molecular formula is C75H108N4O11. The first-order valence-electron chi connectivity index (χ1n) is 33.2. The number of benzene rings is 4. The number of rotatable bonds is 40. The number of hydrogen-bond donors (Lipinski definition) is 4. The number of unbranched alkanes of at least 4 members (excludes halogenated alkanes) is 1. The first kappa shape index (κ1) is 73.0. The Hall–Kier alpha value is -6.04. The fraction of sp³-hybridized carbons (Fsp3) is 0.573. The molecule has 0 aromatic heterocycles. The van der Waals surface area contributed by atoms with E-state index in [1.165, 1.54) is 51.8 Å². The molecule has 90 heavy (non-hydrogen) atoms. The summed E-state index contributed by atoms with van der Waals surface area (Å²) in [6, 6.07) is 28.2. The van der Waals surface area contributed by atoms with Crippen LogP contribution >= 0.6 is 0 Å². The third kappa shape index (κ3) is 23.9. The molecule has 4 amide bonds. The van der Waals surface area contributed by atoms with Gasteiger partial charge in [0, 0.05) is 57.0 Å². The molecule has 0 saturated heterocycles. The third-order valence-electron chi connectivity index (χ3n) is 17.6. The van der Waals surface area contributed by atoms with E-state index in [0.717, 1.165) is 29.5 Å². The van der Waals surface area contributed by atoms with Gasteiger partial charge in [-0.1, -0.05) is 128 Å². The molecule has 0 fully saturated rings. The molecule has 0 spiro atoms. The van der Waals surface area contributed by atoms with Crippen LogP contribution in [0.15, 0.2) is 84.9 Å². The van der Waals surface area contributed by atoms with Gasteiger partial charge >= 0.3 is 0 Å². The summed E-state index contributed by atoms with van der Waals surface area (Å²) < 4.78 is 38.6. The van der Waals surface area contributed by atoms with Crippen LogP contribution in [0.1, 0.15) is 206 Å². The van der Waals surface area contributed by atoms with Gasteiger partial charge in [0.25, 0.3) is 11.8 Å². The van der Waals surface area contributed by atoms with Crippen molar-refractivity contribution in [1.82, 2.24) is 21.3 Å². The lowest BCUT2D eigenvalue weighted by Gasteiger charge is -2.42. The largest absolute Gasteiger partial charge is 0.379 e. The number of amides is 4. The van der Waals surface area contributed by atoms with Gasteiger partial charge in [0.05, 0.1) is 72.7 Å². The Balaban J connectivity index is 0.901. The molecule has 0 saturated carbocycles. The average molecular weight is 1240 g/mol. The number of hydrogen-bond acceptors (Lipinski definition) is 11. The molecule has 4 aromatic carbocycles. The Labute approximate surface area is 538 Å². The highest BCUT2D eigenvalue weighted by Crippen LogP contribution is 2.48. The lowest BCUT2D eigenvalue weighted by atomic mass is 9.63. The quantitative estimate of drug-likeness (QED) is 0.0246. The molecule has 15 heteroatoms. The maximum atomic E-state index is 13.8. The zero-order chi connectivity index (χ0) is 65.0. The molecule has 1 atom stereocenters. The van der Waals surface area contributed by atoms with Crippen molar-refractivity contribution in [3.05, 3.63) is 141 Å². The van der Waals surface area contributed by atoms with Crippen LogP contribution in [-0.4, -0.2) is 142 Å². The minimum atomic E-state index is -0.790. The van der Waals surface area contributed by atoms with Crippen molar-refractivity contribution >= 4 is 46.9 Å². The lowest BCUT2D eigenvalue weighted by molar-refractivity contribution is -0.123. The Morgan fingerprint density at radius 3 is 1.26 bits per heavy atom. The second-order valence-electron chi connectivity index (χ2n) is 26.7. The number of carbonyl (C=O) groups excluding carboxylic acids is 4. The van der Waals surface area contributed by atoms with E-state index in [4.69, 9.17) is 33.2 Å². The molecule has 0 unspecified atom stereocenters. The van der Waals surface area contributed by atoms with Gasteiger partial charge in [-0.2, -0.15) is 0 Å². The van der Waals surface area contributed by atoms with E-state index < -0.39 is 6.04 Å². The molecule has 2 aliphatic carbocycles. The molecule has 494 valence electrons. The van der Waals surface area contributed by atoms with Gasteiger partial charge in [-0.05, 0) is 180 Å². The summed E-state index contributed by atoms with van der Waals surface area (Å²) in [5.74, 6) is -0.836. The van der Waals surface area contributed by atoms with Crippen LogP contribution in [0.2, 0.25) is 0 Å². The van der Waals surface area contributed by atoms with Crippen LogP contribution in [0, 0.1) is 0 Å². The summed E-state index contributed by atoms with van der Waals surface area (Å²) >= 11 is 0. The second-order valence-corrected chi connectivity index (χ2v) is 26.7. The van der Waals surface area contributed by atoms with E-state index in [0.29, 0.717) is 155 Å². The number of allylic oxidation sites excluding steroid dienone is 2. The van der Waals surface area contributed by atoms with Crippen molar-refractivity contribution in [3.63, 3.8) is 0 Å². The molecule has 6 rings (SSSR count). The molecule has 15 nitrogen and oxygen atoms in total. The first-order chi connectivity index (χ1) is 43.1. The van der Waals surface area contributed by atoms with E-state index in [1.807, 2.05) is 43.3 Å². The topological polar surface area (TPSA) is 181 Å². The van der Waals surface area contributed by atoms with E-state index in [2.05, 4.69) is 139 Å². The first-order valence-corrected chi connectivity index (χ1v) is 33.2. The number of fused-ring (bicyclic) bond motifs is 2. The van der Waals surface area contributed by atoms with Gasteiger partial charge in [0.1, 0.15) is 6.04 Å². The Morgan fingerprint density at radius 1 is 0.422 bits per heavy atom. The third-order valence-corrected chi connectivity index (χ3v) is 17.6. The standard InChI is InChI=1S/C75H108N4O11/c1-12-84-41-42-88-49-50-90-48-45-87-40-30-68(80)76-36-15-38-85-43-46-89-47-44-86-39-16-37-78-71(83)67(79-70(82)60-24-20-58(21-25-60)52-56(3)62-27-29-64-66(54-62)75(10,11)34-32-73(64,6)7)17-13-14-35-77-69(81)59-22-18-57(19-23-59)51-55(2)61-26-28-63-65(53-61)74(8,9)33-31-72(63,4)5/h18-29,51-54,67H,12-17,30-50H2,1-11H3,(H,76,80)(H,77,81)(H,78,83)(H,79,82)/b55-51+,56-52+/t67-/m1/s1. The van der Waals surface area contributed by atoms with Gasteiger partial charge in [-0.25, -0.2) is 0 Å².